The van der Waals surface area contributed by atoms with E-state index in [1.165, 1.54) is 6.07 Å². The molecule has 0 saturated carbocycles. The van der Waals surface area contributed by atoms with Gasteiger partial charge in [0.15, 0.2) is 0 Å². The molecule has 0 heterocycles. The molecule has 0 radical (unpaired) electrons. The Bertz CT molecular complexity index is 480. The van der Waals surface area contributed by atoms with E-state index < -0.39 is 22.7 Å². The Labute approximate surface area is 111 Å². The van der Waals surface area contributed by atoms with Crippen molar-refractivity contribution in [3.05, 3.63) is 39.9 Å². The fourth-order valence-corrected chi connectivity index (χ4v) is 1.58. The minimum atomic E-state index is -0.605. The lowest BCUT2D eigenvalue weighted by molar-refractivity contribution is -0.385. The average molecular weight is 266 g/mol. The lowest BCUT2D eigenvalue weighted by atomic mass is 10.1. The number of nitro benzene ring substituents is 1. The van der Waals surface area contributed by atoms with Crippen molar-refractivity contribution in [3.63, 3.8) is 0 Å². The van der Waals surface area contributed by atoms with Crippen LogP contribution in [0.3, 0.4) is 0 Å². The molecule has 1 aromatic carbocycles. The standard InChI is InChI=1S/C13H18N2O4/c1-9(14-12(16)19-13(2,3)4)10-7-5-6-8-11(10)15(17)18/h5-9H,1-4H3,(H,14,16)/t9-/m1/s1. The molecular weight excluding hydrogens is 248 g/mol. The average Bonchev–Trinajstić information content (AvgIpc) is 2.26. The number of carbonyl (C=O) groups is 1. The first-order valence-corrected chi connectivity index (χ1v) is 5.93. The highest BCUT2D eigenvalue weighted by atomic mass is 16.6. The molecule has 1 atom stereocenters. The molecule has 0 spiro atoms. The fourth-order valence-electron chi connectivity index (χ4n) is 1.58. The Morgan fingerprint density at radius 1 is 1.37 bits per heavy atom. The van der Waals surface area contributed by atoms with Gasteiger partial charge in [-0.15, -0.1) is 0 Å². The predicted octanol–water partition coefficient (Wildman–Crippen LogP) is 3.18. The molecule has 1 aromatic rings. The van der Waals surface area contributed by atoms with E-state index in [0.717, 1.165) is 0 Å². The van der Waals surface area contributed by atoms with Crippen molar-refractivity contribution in [1.29, 1.82) is 0 Å². The second kappa shape index (κ2) is 5.69. The highest BCUT2D eigenvalue weighted by molar-refractivity contribution is 5.68. The lowest BCUT2D eigenvalue weighted by Gasteiger charge is -2.22. The molecule has 6 nitrogen and oxygen atoms in total. The topological polar surface area (TPSA) is 81.5 Å². The van der Waals surface area contributed by atoms with Crippen molar-refractivity contribution in [2.45, 2.75) is 39.3 Å². The zero-order chi connectivity index (χ0) is 14.6. The second-order valence-electron chi connectivity index (χ2n) is 5.18. The lowest BCUT2D eigenvalue weighted by Crippen LogP contribution is -2.34. The van der Waals surface area contributed by atoms with Gasteiger partial charge < -0.3 is 10.1 Å². The molecule has 0 aliphatic heterocycles. The summed E-state index contributed by atoms with van der Waals surface area (Å²) in [6.07, 6.45) is -0.599. The quantitative estimate of drug-likeness (QED) is 0.673. The third kappa shape index (κ3) is 4.57. The maximum atomic E-state index is 11.6. The van der Waals surface area contributed by atoms with E-state index >= 15 is 0 Å². The zero-order valence-electron chi connectivity index (χ0n) is 11.5. The Morgan fingerprint density at radius 2 is 1.95 bits per heavy atom. The number of para-hydroxylation sites is 1. The van der Waals surface area contributed by atoms with E-state index in [-0.39, 0.29) is 5.69 Å². The van der Waals surface area contributed by atoms with Crippen LogP contribution in [-0.2, 0) is 4.74 Å². The molecular formula is C13H18N2O4. The number of amides is 1. The molecule has 0 unspecified atom stereocenters. The predicted molar refractivity (Wildman–Crippen MR) is 70.9 cm³/mol. The highest BCUT2D eigenvalue weighted by Crippen LogP contribution is 2.24. The minimum absolute atomic E-state index is 0.0222. The van der Waals surface area contributed by atoms with E-state index in [1.807, 2.05) is 0 Å². The number of carbonyl (C=O) groups excluding carboxylic acids is 1. The van der Waals surface area contributed by atoms with Crippen LogP contribution >= 0.6 is 0 Å². The summed E-state index contributed by atoms with van der Waals surface area (Å²) in [6.45, 7) is 6.93. The van der Waals surface area contributed by atoms with Crippen LogP contribution in [0.1, 0.15) is 39.3 Å². The molecule has 6 heteroatoms. The fraction of sp³-hybridized carbons (Fsp3) is 0.462. The number of nitrogens with one attached hydrogen (secondary N) is 1. The van der Waals surface area contributed by atoms with Gasteiger partial charge in [0, 0.05) is 6.07 Å². The summed E-state index contributed by atoms with van der Waals surface area (Å²) in [5, 5.41) is 13.5. The van der Waals surface area contributed by atoms with Crippen molar-refractivity contribution < 1.29 is 14.5 Å². The number of rotatable bonds is 3. The van der Waals surface area contributed by atoms with Gasteiger partial charge in [0.1, 0.15) is 5.60 Å². The SMILES string of the molecule is C[C@@H](NC(=O)OC(C)(C)C)c1ccccc1[N+](=O)[O-]. The van der Waals surface area contributed by atoms with Crippen LogP contribution in [0.5, 0.6) is 0 Å². The van der Waals surface area contributed by atoms with Crippen molar-refractivity contribution >= 4 is 11.8 Å². The van der Waals surface area contributed by atoms with E-state index in [1.54, 1.807) is 45.9 Å². The van der Waals surface area contributed by atoms with Gasteiger partial charge >= 0.3 is 6.09 Å². The molecule has 0 aliphatic rings. The summed E-state index contributed by atoms with van der Waals surface area (Å²) in [5.41, 5.74) is -0.184. The monoisotopic (exact) mass is 266 g/mol. The second-order valence-corrected chi connectivity index (χ2v) is 5.18. The first-order chi connectivity index (χ1) is 8.70. The van der Waals surface area contributed by atoms with Crippen LogP contribution in [0.25, 0.3) is 0 Å². The summed E-state index contributed by atoms with van der Waals surface area (Å²) in [5.74, 6) is 0. The van der Waals surface area contributed by atoms with Crippen molar-refractivity contribution in [3.8, 4) is 0 Å². The van der Waals surface area contributed by atoms with E-state index in [4.69, 9.17) is 4.74 Å². The Balaban J connectivity index is 2.82. The molecule has 1 rings (SSSR count). The van der Waals surface area contributed by atoms with Gasteiger partial charge in [-0.2, -0.15) is 0 Å². The Kier molecular flexibility index (Phi) is 4.47. The summed E-state index contributed by atoms with van der Waals surface area (Å²) in [7, 11) is 0. The van der Waals surface area contributed by atoms with Crippen LogP contribution in [0.15, 0.2) is 24.3 Å². The molecule has 0 aliphatic carbocycles. The number of ether oxygens (including phenoxy) is 1. The first kappa shape index (κ1) is 14.9. The van der Waals surface area contributed by atoms with E-state index in [2.05, 4.69) is 5.32 Å². The highest BCUT2D eigenvalue weighted by Gasteiger charge is 2.22. The largest absolute Gasteiger partial charge is 0.444 e. The normalized spacial score (nSPS) is 12.6. The van der Waals surface area contributed by atoms with Gasteiger partial charge in [0.25, 0.3) is 5.69 Å². The third-order valence-electron chi connectivity index (χ3n) is 2.33. The summed E-state index contributed by atoms with van der Waals surface area (Å²) in [4.78, 5) is 22.1. The Morgan fingerprint density at radius 3 is 2.47 bits per heavy atom. The van der Waals surface area contributed by atoms with E-state index in [9.17, 15) is 14.9 Å². The minimum Gasteiger partial charge on any atom is -0.444 e. The van der Waals surface area contributed by atoms with Gasteiger partial charge in [-0.3, -0.25) is 10.1 Å². The van der Waals surface area contributed by atoms with Gasteiger partial charge in [-0.25, -0.2) is 4.79 Å². The van der Waals surface area contributed by atoms with Crippen molar-refractivity contribution in [2.75, 3.05) is 0 Å². The molecule has 1 N–H and O–H groups in total. The molecule has 19 heavy (non-hydrogen) atoms. The van der Waals surface area contributed by atoms with Gasteiger partial charge in [0.05, 0.1) is 16.5 Å². The van der Waals surface area contributed by atoms with Crippen LogP contribution in [0.2, 0.25) is 0 Å². The number of alkyl carbamates (subject to hydrolysis) is 1. The van der Waals surface area contributed by atoms with Crippen molar-refractivity contribution in [1.82, 2.24) is 5.32 Å². The number of nitro groups is 1. The number of hydrogen-bond donors (Lipinski definition) is 1. The summed E-state index contributed by atoms with van der Waals surface area (Å²) >= 11 is 0. The van der Waals surface area contributed by atoms with Crippen LogP contribution in [0.4, 0.5) is 10.5 Å². The Hall–Kier alpha value is -2.11. The maximum absolute atomic E-state index is 11.6. The third-order valence-corrected chi connectivity index (χ3v) is 2.33. The van der Waals surface area contributed by atoms with Gasteiger partial charge in [0.2, 0.25) is 0 Å². The van der Waals surface area contributed by atoms with Crippen LogP contribution in [-0.4, -0.2) is 16.6 Å². The smallest absolute Gasteiger partial charge is 0.408 e. The molecule has 0 bridgehead atoms. The number of hydrogen-bond acceptors (Lipinski definition) is 4. The summed E-state index contributed by atoms with van der Waals surface area (Å²) < 4.78 is 5.11. The summed E-state index contributed by atoms with van der Waals surface area (Å²) in [6, 6.07) is 5.79. The number of nitrogens with zero attached hydrogens (tertiary/aromatic N) is 1. The molecule has 104 valence electrons. The zero-order valence-corrected chi connectivity index (χ0v) is 11.5. The van der Waals surface area contributed by atoms with E-state index in [0.29, 0.717) is 5.56 Å². The first-order valence-electron chi connectivity index (χ1n) is 5.93. The van der Waals surface area contributed by atoms with Crippen LogP contribution in [0, 0.1) is 10.1 Å². The number of benzene rings is 1. The van der Waals surface area contributed by atoms with Gasteiger partial charge in [-0.05, 0) is 27.7 Å². The van der Waals surface area contributed by atoms with Crippen molar-refractivity contribution in [2.24, 2.45) is 0 Å². The molecule has 0 fully saturated rings. The molecule has 1 amide bonds. The maximum Gasteiger partial charge on any atom is 0.408 e. The van der Waals surface area contributed by atoms with Crippen LogP contribution < -0.4 is 5.32 Å². The van der Waals surface area contributed by atoms with Gasteiger partial charge in [-0.1, -0.05) is 18.2 Å². The molecule has 0 aromatic heterocycles. The molecule has 0 saturated heterocycles.